The first-order valence-corrected chi connectivity index (χ1v) is 6.03. The van der Waals surface area contributed by atoms with Gasteiger partial charge in [-0.25, -0.2) is 10.2 Å². The molecule has 0 saturated carbocycles. The number of hydrazine groups is 1. The van der Waals surface area contributed by atoms with E-state index < -0.39 is 11.7 Å². The Labute approximate surface area is 123 Å². The van der Waals surface area contributed by atoms with E-state index in [1.54, 1.807) is 0 Å². The normalized spacial score (nSPS) is 10.2. The van der Waals surface area contributed by atoms with Gasteiger partial charge in [-0.3, -0.25) is 4.79 Å². The Morgan fingerprint density at radius 1 is 1.20 bits per heavy atom. The van der Waals surface area contributed by atoms with Gasteiger partial charge in [-0.2, -0.15) is 0 Å². The fourth-order valence-corrected chi connectivity index (χ4v) is 1.84. The van der Waals surface area contributed by atoms with Crippen LogP contribution in [0.5, 0.6) is 0 Å². The summed E-state index contributed by atoms with van der Waals surface area (Å²) in [7, 11) is 0. The molecule has 9 heteroatoms. The van der Waals surface area contributed by atoms with E-state index in [0.717, 1.165) is 0 Å². The molecule has 1 aromatic heterocycles. The summed E-state index contributed by atoms with van der Waals surface area (Å²) in [5, 5.41) is 9.40. The molecule has 0 aliphatic rings. The standard InChI is InChI=1S/C11H8Cl2FN5O/c12-6-3-5(4-7(13)10(6)14)16-11(20)8-1-2-9(17-15)19-18-8/h1-4H,15H2,(H,16,20)(H,17,19). The number of carbonyl (C=O) groups is 1. The van der Waals surface area contributed by atoms with Crippen molar-refractivity contribution in [2.45, 2.75) is 0 Å². The second-order valence-corrected chi connectivity index (χ2v) is 4.47. The topological polar surface area (TPSA) is 92.9 Å². The van der Waals surface area contributed by atoms with Crippen LogP contribution in [-0.2, 0) is 0 Å². The zero-order chi connectivity index (χ0) is 14.7. The van der Waals surface area contributed by atoms with Crippen molar-refractivity contribution in [3.8, 4) is 0 Å². The van der Waals surface area contributed by atoms with Gasteiger partial charge >= 0.3 is 0 Å². The van der Waals surface area contributed by atoms with Gasteiger partial charge in [-0.05, 0) is 24.3 Å². The SMILES string of the molecule is NNc1ccc(C(=O)Nc2cc(Cl)c(F)c(Cl)c2)nn1. The molecule has 0 aliphatic heterocycles. The van der Waals surface area contributed by atoms with Gasteiger partial charge in [0.2, 0.25) is 0 Å². The largest absolute Gasteiger partial charge is 0.320 e. The van der Waals surface area contributed by atoms with Crippen molar-refractivity contribution in [1.82, 2.24) is 10.2 Å². The molecule has 0 aliphatic carbocycles. The van der Waals surface area contributed by atoms with Gasteiger partial charge in [0.1, 0.15) is 0 Å². The molecule has 0 unspecified atom stereocenters. The number of benzene rings is 1. The molecule has 1 aromatic carbocycles. The van der Waals surface area contributed by atoms with Gasteiger partial charge in [0, 0.05) is 5.69 Å². The molecule has 0 bridgehead atoms. The Morgan fingerprint density at radius 2 is 1.85 bits per heavy atom. The average Bonchev–Trinajstić information content (AvgIpc) is 2.44. The number of nitrogens with zero attached hydrogens (tertiary/aromatic N) is 2. The van der Waals surface area contributed by atoms with E-state index >= 15 is 0 Å². The number of carbonyl (C=O) groups excluding carboxylic acids is 1. The van der Waals surface area contributed by atoms with Crippen LogP contribution in [0.3, 0.4) is 0 Å². The predicted molar refractivity (Wildman–Crippen MR) is 74.2 cm³/mol. The number of anilines is 2. The Morgan fingerprint density at radius 3 is 2.35 bits per heavy atom. The number of aromatic nitrogens is 2. The van der Waals surface area contributed by atoms with Gasteiger partial charge in [0.15, 0.2) is 17.3 Å². The Balaban J connectivity index is 2.18. The van der Waals surface area contributed by atoms with Crippen molar-refractivity contribution in [3.63, 3.8) is 0 Å². The van der Waals surface area contributed by atoms with E-state index in [9.17, 15) is 9.18 Å². The zero-order valence-electron chi connectivity index (χ0n) is 9.82. The van der Waals surface area contributed by atoms with E-state index in [0.29, 0.717) is 5.82 Å². The highest BCUT2D eigenvalue weighted by molar-refractivity contribution is 6.35. The van der Waals surface area contributed by atoms with Gasteiger partial charge in [-0.15, -0.1) is 10.2 Å². The maximum Gasteiger partial charge on any atom is 0.276 e. The molecule has 2 aromatic rings. The summed E-state index contributed by atoms with van der Waals surface area (Å²) >= 11 is 11.3. The smallest absolute Gasteiger partial charge is 0.276 e. The lowest BCUT2D eigenvalue weighted by molar-refractivity contribution is 0.102. The van der Waals surface area contributed by atoms with Crippen molar-refractivity contribution in [2.24, 2.45) is 5.84 Å². The summed E-state index contributed by atoms with van der Waals surface area (Å²) in [6, 6.07) is 5.38. The molecule has 104 valence electrons. The number of nitrogens with one attached hydrogen (secondary N) is 2. The maximum atomic E-state index is 13.2. The monoisotopic (exact) mass is 315 g/mol. The van der Waals surface area contributed by atoms with Crippen molar-refractivity contribution < 1.29 is 9.18 Å². The molecule has 0 radical (unpaired) electrons. The van der Waals surface area contributed by atoms with Crippen LogP contribution in [0.15, 0.2) is 24.3 Å². The van der Waals surface area contributed by atoms with Crippen LogP contribution in [0, 0.1) is 5.82 Å². The highest BCUT2D eigenvalue weighted by Crippen LogP contribution is 2.27. The van der Waals surface area contributed by atoms with Crippen LogP contribution < -0.4 is 16.6 Å². The number of rotatable bonds is 3. The summed E-state index contributed by atoms with van der Waals surface area (Å²) < 4.78 is 13.2. The molecule has 2 rings (SSSR count). The molecule has 1 heterocycles. The molecule has 4 N–H and O–H groups in total. The molecule has 20 heavy (non-hydrogen) atoms. The molecule has 0 saturated heterocycles. The summed E-state index contributed by atoms with van der Waals surface area (Å²) in [5.74, 6) is 4.16. The number of hydrogen-bond acceptors (Lipinski definition) is 5. The van der Waals surface area contributed by atoms with Crippen LogP contribution in [-0.4, -0.2) is 16.1 Å². The molecule has 6 nitrogen and oxygen atoms in total. The number of hydrogen-bond donors (Lipinski definition) is 3. The average molecular weight is 316 g/mol. The van der Waals surface area contributed by atoms with Crippen LogP contribution in [0.25, 0.3) is 0 Å². The highest BCUT2D eigenvalue weighted by Gasteiger charge is 2.12. The first kappa shape index (κ1) is 14.4. The van der Waals surface area contributed by atoms with Crippen molar-refractivity contribution in [2.75, 3.05) is 10.7 Å². The zero-order valence-corrected chi connectivity index (χ0v) is 11.3. The maximum absolute atomic E-state index is 13.2. The number of halogens is 3. The first-order chi connectivity index (χ1) is 9.51. The Kier molecular flexibility index (Phi) is 4.33. The van der Waals surface area contributed by atoms with Crippen LogP contribution in [0.2, 0.25) is 10.0 Å². The van der Waals surface area contributed by atoms with E-state index in [4.69, 9.17) is 29.0 Å². The first-order valence-electron chi connectivity index (χ1n) is 5.27. The van der Waals surface area contributed by atoms with Gasteiger partial charge < -0.3 is 10.7 Å². The molecule has 1 amide bonds. The lowest BCUT2D eigenvalue weighted by Crippen LogP contribution is -2.16. The third kappa shape index (κ3) is 3.13. The Hall–Kier alpha value is -1.96. The third-order valence-electron chi connectivity index (χ3n) is 2.29. The van der Waals surface area contributed by atoms with Crippen molar-refractivity contribution in [3.05, 3.63) is 45.8 Å². The van der Waals surface area contributed by atoms with Crippen LogP contribution in [0.4, 0.5) is 15.9 Å². The molecular formula is C11H8Cl2FN5O. The molecule has 0 spiro atoms. The van der Waals surface area contributed by atoms with E-state index in [-0.39, 0.29) is 21.4 Å². The summed E-state index contributed by atoms with van der Waals surface area (Å²) in [6.45, 7) is 0. The van der Waals surface area contributed by atoms with Crippen molar-refractivity contribution >= 4 is 40.6 Å². The quantitative estimate of drug-likeness (QED) is 0.459. The van der Waals surface area contributed by atoms with E-state index in [1.807, 2.05) is 0 Å². The highest BCUT2D eigenvalue weighted by atomic mass is 35.5. The number of amides is 1. The van der Waals surface area contributed by atoms with Gasteiger partial charge in [-0.1, -0.05) is 23.2 Å². The van der Waals surface area contributed by atoms with E-state index in [2.05, 4.69) is 20.9 Å². The molecule has 0 fully saturated rings. The summed E-state index contributed by atoms with van der Waals surface area (Å²) in [4.78, 5) is 11.9. The minimum absolute atomic E-state index is 0.0561. The number of nitrogen functional groups attached to an aromatic ring is 1. The predicted octanol–water partition coefficient (Wildman–Crippen LogP) is 2.46. The number of nitrogens with two attached hydrogens (primary N) is 1. The van der Waals surface area contributed by atoms with E-state index in [1.165, 1.54) is 24.3 Å². The second kappa shape index (κ2) is 6.00. The Bertz CT molecular complexity index is 627. The molecule has 0 atom stereocenters. The minimum Gasteiger partial charge on any atom is -0.320 e. The van der Waals surface area contributed by atoms with Gasteiger partial charge in [0.25, 0.3) is 5.91 Å². The van der Waals surface area contributed by atoms with Gasteiger partial charge in [0.05, 0.1) is 10.0 Å². The lowest BCUT2D eigenvalue weighted by Gasteiger charge is -2.07. The summed E-state index contributed by atoms with van der Waals surface area (Å²) in [5.41, 5.74) is 2.58. The third-order valence-corrected chi connectivity index (χ3v) is 2.84. The summed E-state index contributed by atoms with van der Waals surface area (Å²) in [6.07, 6.45) is 0. The van der Waals surface area contributed by atoms with Crippen LogP contribution >= 0.6 is 23.2 Å². The fourth-order valence-electron chi connectivity index (χ4n) is 1.35. The van der Waals surface area contributed by atoms with Crippen LogP contribution in [0.1, 0.15) is 10.5 Å². The lowest BCUT2D eigenvalue weighted by atomic mass is 10.3. The fraction of sp³-hybridized carbons (Fsp3) is 0. The molecular weight excluding hydrogens is 308 g/mol. The van der Waals surface area contributed by atoms with Crippen molar-refractivity contribution in [1.29, 1.82) is 0 Å². The second-order valence-electron chi connectivity index (χ2n) is 3.66. The minimum atomic E-state index is -0.746.